The van der Waals surface area contributed by atoms with Gasteiger partial charge in [-0.05, 0) is 25.0 Å². The number of H-pyrrole nitrogens is 1. The first-order valence-electron chi connectivity index (χ1n) is 7.08. The van der Waals surface area contributed by atoms with E-state index in [9.17, 15) is 4.79 Å². The number of hydrogen-bond acceptors (Lipinski definition) is 4. The van der Waals surface area contributed by atoms with Gasteiger partial charge in [0.15, 0.2) is 0 Å². The average Bonchev–Trinajstić information content (AvgIpc) is 2.76. The summed E-state index contributed by atoms with van der Waals surface area (Å²) in [5.74, 6) is 2.89. The summed E-state index contributed by atoms with van der Waals surface area (Å²) in [7, 11) is 0. The Kier molecular flexibility index (Phi) is 4.91. The van der Waals surface area contributed by atoms with Crippen LogP contribution < -0.4 is 10.9 Å². The molecule has 0 radical (unpaired) electrons. The Hall–Kier alpha value is -0.970. The third-order valence-electron chi connectivity index (χ3n) is 3.45. The Labute approximate surface area is 118 Å². The molecule has 4 nitrogen and oxygen atoms in total. The fourth-order valence-corrected chi connectivity index (χ4v) is 3.63. The fourth-order valence-electron chi connectivity index (χ4n) is 2.49. The van der Waals surface area contributed by atoms with Crippen molar-refractivity contribution < 1.29 is 0 Å². The second-order valence-corrected chi connectivity index (χ2v) is 6.98. The van der Waals surface area contributed by atoms with Crippen molar-refractivity contribution in [3.8, 4) is 0 Å². The lowest BCUT2D eigenvalue weighted by atomic mass is 10.2. The van der Waals surface area contributed by atoms with Crippen molar-refractivity contribution in [1.29, 1.82) is 0 Å². The summed E-state index contributed by atoms with van der Waals surface area (Å²) in [6, 6.07) is 2.02. The molecule has 1 aromatic heterocycles. The standard InChI is InChI=1S/C14H23N3OS/c1-4-19-11-6-5-10(7-11)15-12-8-13(18)17-14(16-12)9(2)3/h8-11H,4-7H2,1-3H3,(H2,15,16,17,18). The molecule has 1 fully saturated rings. The van der Waals surface area contributed by atoms with E-state index in [1.54, 1.807) is 6.07 Å². The number of aromatic nitrogens is 2. The molecule has 0 amide bonds. The second-order valence-electron chi connectivity index (χ2n) is 5.40. The zero-order valence-electron chi connectivity index (χ0n) is 11.9. The van der Waals surface area contributed by atoms with E-state index in [4.69, 9.17) is 0 Å². The first-order valence-corrected chi connectivity index (χ1v) is 8.12. The summed E-state index contributed by atoms with van der Waals surface area (Å²) >= 11 is 2.04. The van der Waals surface area contributed by atoms with Gasteiger partial charge in [-0.15, -0.1) is 0 Å². The van der Waals surface area contributed by atoms with Crippen LogP contribution in [0.3, 0.4) is 0 Å². The summed E-state index contributed by atoms with van der Waals surface area (Å²) < 4.78 is 0. The van der Waals surface area contributed by atoms with Gasteiger partial charge in [0.05, 0.1) is 0 Å². The summed E-state index contributed by atoms with van der Waals surface area (Å²) in [6.45, 7) is 6.27. The van der Waals surface area contributed by atoms with Gasteiger partial charge in [0, 0.05) is 23.3 Å². The van der Waals surface area contributed by atoms with Gasteiger partial charge < -0.3 is 10.3 Å². The Bertz CT molecular complexity index is 472. The minimum atomic E-state index is -0.0707. The largest absolute Gasteiger partial charge is 0.367 e. The molecular weight excluding hydrogens is 258 g/mol. The fraction of sp³-hybridized carbons (Fsp3) is 0.714. The summed E-state index contributed by atoms with van der Waals surface area (Å²) in [5, 5.41) is 4.18. The van der Waals surface area contributed by atoms with Gasteiger partial charge in [0.25, 0.3) is 5.56 Å². The quantitative estimate of drug-likeness (QED) is 0.871. The van der Waals surface area contributed by atoms with Crippen LogP contribution in [0, 0.1) is 0 Å². The number of nitrogens with one attached hydrogen (secondary N) is 2. The number of aromatic amines is 1. The van der Waals surface area contributed by atoms with Crippen molar-refractivity contribution in [2.45, 2.75) is 57.2 Å². The van der Waals surface area contributed by atoms with Crippen molar-refractivity contribution in [3.05, 3.63) is 22.2 Å². The van der Waals surface area contributed by atoms with Gasteiger partial charge >= 0.3 is 0 Å². The van der Waals surface area contributed by atoms with E-state index in [0.29, 0.717) is 6.04 Å². The zero-order valence-corrected chi connectivity index (χ0v) is 12.7. The third-order valence-corrected chi connectivity index (χ3v) is 4.68. The molecule has 0 aliphatic heterocycles. The predicted octanol–water partition coefficient (Wildman–Crippen LogP) is 2.98. The summed E-state index contributed by atoms with van der Waals surface area (Å²) in [5.41, 5.74) is -0.0707. The van der Waals surface area contributed by atoms with Crippen LogP contribution >= 0.6 is 11.8 Å². The molecule has 1 aromatic rings. The zero-order chi connectivity index (χ0) is 13.8. The van der Waals surface area contributed by atoms with Crippen LogP contribution in [0.4, 0.5) is 5.82 Å². The maximum atomic E-state index is 11.6. The second kappa shape index (κ2) is 6.46. The van der Waals surface area contributed by atoms with Crippen LogP contribution in [-0.4, -0.2) is 27.0 Å². The van der Waals surface area contributed by atoms with Crippen LogP contribution in [0.15, 0.2) is 10.9 Å². The van der Waals surface area contributed by atoms with E-state index in [1.165, 1.54) is 25.0 Å². The molecule has 1 aliphatic rings. The molecule has 19 heavy (non-hydrogen) atoms. The number of anilines is 1. The van der Waals surface area contributed by atoms with Crippen molar-refractivity contribution in [2.75, 3.05) is 11.1 Å². The minimum absolute atomic E-state index is 0.0707. The van der Waals surface area contributed by atoms with E-state index in [2.05, 4.69) is 22.2 Å². The highest BCUT2D eigenvalue weighted by molar-refractivity contribution is 7.99. The maximum Gasteiger partial charge on any atom is 0.252 e. The number of rotatable bonds is 5. The Morgan fingerprint density at radius 3 is 3.00 bits per heavy atom. The summed E-state index contributed by atoms with van der Waals surface area (Å²) in [6.07, 6.45) is 3.60. The Morgan fingerprint density at radius 1 is 1.53 bits per heavy atom. The molecule has 1 saturated carbocycles. The number of thioether (sulfide) groups is 1. The third kappa shape index (κ3) is 4.00. The Morgan fingerprint density at radius 2 is 2.32 bits per heavy atom. The predicted molar refractivity (Wildman–Crippen MR) is 82.1 cm³/mol. The lowest BCUT2D eigenvalue weighted by molar-refractivity contribution is 0.732. The van der Waals surface area contributed by atoms with Gasteiger partial charge in [0.2, 0.25) is 0 Å². The molecule has 0 spiro atoms. The molecule has 0 bridgehead atoms. The van der Waals surface area contributed by atoms with Crippen LogP contribution in [0.1, 0.15) is 51.8 Å². The lowest BCUT2D eigenvalue weighted by Gasteiger charge is -2.14. The van der Waals surface area contributed by atoms with E-state index in [1.807, 2.05) is 25.6 Å². The van der Waals surface area contributed by atoms with Gasteiger partial charge in [-0.25, -0.2) is 4.98 Å². The van der Waals surface area contributed by atoms with E-state index in [-0.39, 0.29) is 11.5 Å². The SMILES string of the molecule is CCSC1CCC(Nc2cc(=O)[nH]c(C(C)C)n2)C1. The summed E-state index contributed by atoms with van der Waals surface area (Å²) in [4.78, 5) is 18.9. The number of hydrogen-bond donors (Lipinski definition) is 2. The van der Waals surface area contributed by atoms with Crippen molar-refractivity contribution in [2.24, 2.45) is 0 Å². The highest BCUT2D eigenvalue weighted by Crippen LogP contribution is 2.31. The van der Waals surface area contributed by atoms with Gasteiger partial charge in [-0.2, -0.15) is 11.8 Å². The van der Waals surface area contributed by atoms with Gasteiger partial charge in [0.1, 0.15) is 11.6 Å². The number of nitrogens with zero attached hydrogens (tertiary/aromatic N) is 1. The van der Waals surface area contributed by atoms with Crippen LogP contribution in [0.5, 0.6) is 0 Å². The molecular formula is C14H23N3OS. The molecule has 0 aromatic carbocycles. The molecule has 2 unspecified atom stereocenters. The highest BCUT2D eigenvalue weighted by Gasteiger charge is 2.24. The van der Waals surface area contributed by atoms with E-state index in [0.717, 1.165) is 16.9 Å². The van der Waals surface area contributed by atoms with Crippen LogP contribution in [-0.2, 0) is 0 Å². The molecule has 1 aliphatic carbocycles. The molecule has 0 saturated heterocycles. The maximum absolute atomic E-state index is 11.6. The topological polar surface area (TPSA) is 57.8 Å². The van der Waals surface area contributed by atoms with Crippen LogP contribution in [0.25, 0.3) is 0 Å². The van der Waals surface area contributed by atoms with Crippen molar-refractivity contribution >= 4 is 17.6 Å². The van der Waals surface area contributed by atoms with Gasteiger partial charge in [-0.3, -0.25) is 4.79 Å². The molecule has 2 atom stereocenters. The molecule has 2 rings (SSSR count). The normalized spacial score (nSPS) is 22.9. The molecule has 1 heterocycles. The first-order chi connectivity index (χ1) is 9.08. The van der Waals surface area contributed by atoms with Gasteiger partial charge in [-0.1, -0.05) is 20.8 Å². The molecule has 106 valence electrons. The van der Waals surface area contributed by atoms with Crippen molar-refractivity contribution in [3.63, 3.8) is 0 Å². The van der Waals surface area contributed by atoms with Crippen LogP contribution in [0.2, 0.25) is 0 Å². The monoisotopic (exact) mass is 281 g/mol. The lowest BCUT2D eigenvalue weighted by Crippen LogP contribution is -2.20. The molecule has 2 N–H and O–H groups in total. The Balaban J connectivity index is 2.02. The minimum Gasteiger partial charge on any atom is -0.367 e. The molecule has 5 heteroatoms. The van der Waals surface area contributed by atoms with Crippen molar-refractivity contribution in [1.82, 2.24) is 9.97 Å². The highest BCUT2D eigenvalue weighted by atomic mass is 32.2. The first kappa shape index (κ1) is 14.4. The smallest absolute Gasteiger partial charge is 0.252 e. The average molecular weight is 281 g/mol. The van der Waals surface area contributed by atoms with E-state index < -0.39 is 0 Å². The van der Waals surface area contributed by atoms with E-state index >= 15 is 0 Å².